The van der Waals surface area contributed by atoms with E-state index in [1.54, 1.807) is 18.2 Å². The maximum absolute atomic E-state index is 10.5. The van der Waals surface area contributed by atoms with E-state index in [4.69, 9.17) is 0 Å². The number of isocyanates is 3. The first-order valence-electron chi connectivity index (χ1n) is 7.51. The van der Waals surface area contributed by atoms with Gasteiger partial charge in [0.15, 0.2) is 0 Å². The largest absolute Gasteiger partial charge is 0.235 e. The van der Waals surface area contributed by atoms with E-state index in [0.717, 1.165) is 51.4 Å². The lowest BCUT2D eigenvalue weighted by atomic mass is 9.94. The first kappa shape index (κ1) is 17.2. The van der Waals surface area contributed by atoms with Crippen molar-refractivity contribution in [2.24, 2.45) is 15.0 Å². The Hall–Kier alpha value is -1.86. The Labute approximate surface area is 124 Å². The molecule has 0 N–H and O–H groups in total. The van der Waals surface area contributed by atoms with Gasteiger partial charge in [0.2, 0.25) is 18.2 Å². The smallest absolute Gasteiger partial charge is 0.211 e. The number of aliphatic imine (C=N–C) groups is 3. The fourth-order valence-corrected chi connectivity index (χ4v) is 2.78. The molecule has 0 aliphatic heterocycles. The van der Waals surface area contributed by atoms with Crippen molar-refractivity contribution in [2.45, 2.75) is 75.9 Å². The molecule has 0 amide bonds. The number of rotatable bonds is 3. The second-order valence-electron chi connectivity index (χ2n) is 5.42. The first-order valence-corrected chi connectivity index (χ1v) is 7.51. The van der Waals surface area contributed by atoms with Crippen LogP contribution in [0.5, 0.6) is 0 Å². The monoisotopic (exact) mass is 291 g/mol. The molecule has 1 rings (SSSR count). The summed E-state index contributed by atoms with van der Waals surface area (Å²) in [5.74, 6) is 0. The third-order valence-electron chi connectivity index (χ3n) is 3.94. The predicted molar refractivity (Wildman–Crippen MR) is 77.3 cm³/mol. The molecule has 21 heavy (non-hydrogen) atoms. The fourth-order valence-electron chi connectivity index (χ4n) is 2.78. The van der Waals surface area contributed by atoms with Gasteiger partial charge < -0.3 is 0 Å². The molecule has 1 saturated carbocycles. The molecule has 0 bridgehead atoms. The van der Waals surface area contributed by atoms with E-state index in [9.17, 15) is 14.4 Å². The summed E-state index contributed by atoms with van der Waals surface area (Å²) in [4.78, 5) is 42.9. The van der Waals surface area contributed by atoms with E-state index in [2.05, 4.69) is 15.0 Å². The van der Waals surface area contributed by atoms with Crippen LogP contribution in [-0.4, -0.2) is 36.4 Å². The Bertz CT molecular complexity index is 447. The molecule has 0 aromatic carbocycles. The average Bonchev–Trinajstić information content (AvgIpc) is 2.47. The Morgan fingerprint density at radius 1 is 0.524 bits per heavy atom. The highest BCUT2D eigenvalue weighted by Crippen LogP contribution is 2.21. The summed E-state index contributed by atoms with van der Waals surface area (Å²) in [5.41, 5.74) is 0. The van der Waals surface area contributed by atoms with Crippen LogP contribution in [-0.2, 0) is 14.4 Å². The third-order valence-corrected chi connectivity index (χ3v) is 3.94. The van der Waals surface area contributed by atoms with Crippen molar-refractivity contribution >= 4 is 18.2 Å². The van der Waals surface area contributed by atoms with Gasteiger partial charge in [0.05, 0.1) is 18.1 Å². The standard InChI is InChI=1S/C15H21N3O3/c19-10-16-13-4-1-2-5-14(17-11-20)8-9-15(18-12-21)7-3-6-13/h13-15H,1-9H2. The van der Waals surface area contributed by atoms with E-state index in [1.807, 2.05) is 0 Å². The molecule has 0 aromatic heterocycles. The quantitative estimate of drug-likeness (QED) is 0.591. The SMILES string of the molecule is O=C=NC1CCCCC(N=C=O)CCC(N=C=O)CCC1. The van der Waals surface area contributed by atoms with Crippen molar-refractivity contribution < 1.29 is 14.4 Å². The molecular formula is C15H21N3O3. The molecule has 114 valence electrons. The molecule has 3 atom stereocenters. The molecule has 1 fully saturated rings. The van der Waals surface area contributed by atoms with E-state index < -0.39 is 0 Å². The lowest BCUT2D eigenvalue weighted by Crippen LogP contribution is -2.14. The average molecular weight is 291 g/mol. The Kier molecular flexibility index (Phi) is 8.90. The number of carbonyl (C=O) groups excluding carboxylic acids is 3. The van der Waals surface area contributed by atoms with Crippen molar-refractivity contribution in [3.8, 4) is 0 Å². The van der Waals surface area contributed by atoms with Crippen LogP contribution in [0.15, 0.2) is 15.0 Å². The highest BCUT2D eigenvalue weighted by Gasteiger charge is 2.16. The maximum Gasteiger partial charge on any atom is 0.235 e. The summed E-state index contributed by atoms with van der Waals surface area (Å²) in [6, 6.07) is -0.151. The lowest BCUT2D eigenvalue weighted by molar-refractivity contribution is 0.415. The Balaban J connectivity index is 2.69. The minimum Gasteiger partial charge on any atom is -0.211 e. The zero-order valence-electron chi connectivity index (χ0n) is 12.2. The van der Waals surface area contributed by atoms with Crippen LogP contribution in [0.3, 0.4) is 0 Å². The van der Waals surface area contributed by atoms with Gasteiger partial charge in [0.1, 0.15) is 0 Å². The van der Waals surface area contributed by atoms with Crippen LogP contribution >= 0.6 is 0 Å². The summed E-state index contributed by atoms with van der Waals surface area (Å²) in [6.45, 7) is 0. The van der Waals surface area contributed by atoms with Gasteiger partial charge >= 0.3 is 0 Å². The van der Waals surface area contributed by atoms with Gasteiger partial charge in [-0.05, 0) is 44.9 Å². The predicted octanol–water partition coefficient (Wildman–Crippen LogP) is 2.62. The molecule has 0 spiro atoms. The number of nitrogens with zero attached hydrogens (tertiary/aromatic N) is 3. The van der Waals surface area contributed by atoms with Gasteiger partial charge in [-0.15, -0.1) is 0 Å². The van der Waals surface area contributed by atoms with Gasteiger partial charge in [0.25, 0.3) is 0 Å². The van der Waals surface area contributed by atoms with E-state index in [1.165, 1.54) is 0 Å². The molecule has 0 heterocycles. The summed E-state index contributed by atoms with van der Waals surface area (Å²) in [7, 11) is 0. The first-order chi connectivity index (χ1) is 10.3. The van der Waals surface area contributed by atoms with Gasteiger partial charge in [-0.1, -0.05) is 12.8 Å². The maximum atomic E-state index is 10.5. The van der Waals surface area contributed by atoms with Crippen LogP contribution in [0.1, 0.15) is 57.8 Å². The molecule has 0 saturated heterocycles. The van der Waals surface area contributed by atoms with Crippen molar-refractivity contribution in [2.75, 3.05) is 0 Å². The zero-order chi connectivity index (χ0) is 15.3. The van der Waals surface area contributed by atoms with Crippen LogP contribution in [0.25, 0.3) is 0 Å². The Morgan fingerprint density at radius 3 is 1.24 bits per heavy atom. The molecule has 1 aliphatic carbocycles. The highest BCUT2D eigenvalue weighted by molar-refractivity contribution is 5.34. The normalized spacial score (nSPS) is 27.7. The molecule has 0 radical (unpaired) electrons. The van der Waals surface area contributed by atoms with Gasteiger partial charge in [-0.25, -0.2) is 29.4 Å². The third kappa shape index (κ3) is 7.48. The van der Waals surface area contributed by atoms with Gasteiger partial charge in [0, 0.05) is 0 Å². The highest BCUT2D eigenvalue weighted by atomic mass is 16.1. The molecule has 0 aromatic rings. The van der Waals surface area contributed by atoms with Crippen LogP contribution in [0, 0.1) is 0 Å². The summed E-state index contributed by atoms with van der Waals surface area (Å²) < 4.78 is 0. The minimum absolute atomic E-state index is 0.00388. The minimum atomic E-state index is -0.0906. The summed E-state index contributed by atoms with van der Waals surface area (Å²) in [5, 5.41) is 0. The molecular weight excluding hydrogens is 270 g/mol. The summed E-state index contributed by atoms with van der Waals surface area (Å²) >= 11 is 0. The van der Waals surface area contributed by atoms with Gasteiger partial charge in [-0.2, -0.15) is 0 Å². The Morgan fingerprint density at radius 2 is 0.857 bits per heavy atom. The molecule has 1 aliphatic rings. The molecule has 6 nitrogen and oxygen atoms in total. The summed E-state index contributed by atoms with van der Waals surface area (Å²) in [6.07, 6.45) is 12.3. The molecule has 6 heteroatoms. The van der Waals surface area contributed by atoms with Gasteiger partial charge in [-0.3, -0.25) is 0 Å². The van der Waals surface area contributed by atoms with E-state index in [-0.39, 0.29) is 18.1 Å². The fraction of sp³-hybridized carbons (Fsp3) is 0.800. The molecule has 3 unspecified atom stereocenters. The second kappa shape index (κ2) is 10.9. The van der Waals surface area contributed by atoms with Crippen LogP contribution in [0.4, 0.5) is 0 Å². The number of hydrogen-bond acceptors (Lipinski definition) is 6. The van der Waals surface area contributed by atoms with Crippen LogP contribution < -0.4 is 0 Å². The lowest BCUT2D eigenvalue weighted by Gasteiger charge is -2.18. The van der Waals surface area contributed by atoms with E-state index >= 15 is 0 Å². The van der Waals surface area contributed by atoms with Crippen molar-refractivity contribution in [3.63, 3.8) is 0 Å². The van der Waals surface area contributed by atoms with E-state index in [0.29, 0.717) is 6.42 Å². The van der Waals surface area contributed by atoms with Crippen molar-refractivity contribution in [1.29, 1.82) is 0 Å². The van der Waals surface area contributed by atoms with Crippen LogP contribution in [0.2, 0.25) is 0 Å². The number of hydrogen-bond donors (Lipinski definition) is 0. The topological polar surface area (TPSA) is 88.3 Å². The second-order valence-corrected chi connectivity index (χ2v) is 5.42. The zero-order valence-corrected chi connectivity index (χ0v) is 12.2. The van der Waals surface area contributed by atoms with Crippen molar-refractivity contribution in [3.05, 3.63) is 0 Å². The van der Waals surface area contributed by atoms with Crippen molar-refractivity contribution in [1.82, 2.24) is 0 Å².